The number of amides is 5. The number of nitrogens with zero attached hydrogens (tertiary/aromatic N) is 3. The first-order valence-electron chi connectivity index (χ1n) is 9.15. The van der Waals surface area contributed by atoms with E-state index in [-0.39, 0.29) is 36.9 Å². The van der Waals surface area contributed by atoms with Crippen molar-refractivity contribution in [1.82, 2.24) is 20.0 Å². The number of fused-ring (bicyclic) bond motifs is 1. The van der Waals surface area contributed by atoms with Gasteiger partial charge in [-0.2, -0.15) is 0 Å². The second kappa shape index (κ2) is 7.41. The molecule has 138 valence electrons. The lowest BCUT2D eigenvalue weighted by Gasteiger charge is -2.47. The Kier molecular flexibility index (Phi) is 5.24. The van der Waals surface area contributed by atoms with Gasteiger partial charge in [0.1, 0.15) is 13.1 Å². The van der Waals surface area contributed by atoms with Crippen molar-refractivity contribution in [2.75, 3.05) is 32.7 Å². The van der Waals surface area contributed by atoms with Gasteiger partial charge in [-0.3, -0.25) is 19.7 Å². The van der Waals surface area contributed by atoms with Crippen molar-refractivity contribution in [2.24, 2.45) is 5.92 Å². The van der Waals surface area contributed by atoms with Gasteiger partial charge in [-0.05, 0) is 25.2 Å². The van der Waals surface area contributed by atoms with Gasteiger partial charge in [0, 0.05) is 32.1 Å². The first-order valence-corrected chi connectivity index (χ1v) is 9.15. The van der Waals surface area contributed by atoms with E-state index in [2.05, 4.69) is 12.2 Å². The Labute approximate surface area is 147 Å². The minimum absolute atomic E-state index is 0.0518. The summed E-state index contributed by atoms with van der Waals surface area (Å²) in [6, 6.07) is -0.268. The molecule has 3 aliphatic rings. The lowest BCUT2D eigenvalue weighted by molar-refractivity contribution is -0.144. The third-order valence-electron chi connectivity index (χ3n) is 5.44. The Balaban J connectivity index is 1.57. The number of hydrogen-bond donors (Lipinski definition) is 1. The SMILES string of the molecule is CCCCN1C(=O)CC[C@H]2CN(C(=O)CN3CC(=O)NC3=O)CC[C@H]21. The molecule has 2 atom stereocenters. The van der Waals surface area contributed by atoms with Crippen LogP contribution in [0.1, 0.15) is 39.0 Å². The van der Waals surface area contributed by atoms with Gasteiger partial charge in [-0.15, -0.1) is 0 Å². The Morgan fingerprint density at radius 1 is 1.24 bits per heavy atom. The predicted octanol–water partition coefficient (Wildman–Crippen LogP) is 0.178. The highest BCUT2D eigenvalue weighted by molar-refractivity contribution is 6.03. The van der Waals surface area contributed by atoms with Crippen molar-refractivity contribution in [3.05, 3.63) is 0 Å². The van der Waals surface area contributed by atoms with Crippen LogP contribution in [0.5, 0.6) is 0 Å². The Bertz CT molecular complexity index is 579. The topological polar surface area (TPSA) is 90.0 Å². The third kappa shape index (κ3) is 3.77. The average Bonchev–Trinajstić information content (AvgIpc) is 2.90. The largest absolute Gasteiger partial charge is 0.341 e. The predicted molar refractivity (Wildman–Crippen MR) is 89.4 cm³/mol. The fourth-order valence-corrected chi connectivity index (χ4v) is 4.07. The molecule has 0 aliphatic carbocycles. The summed E-state index contributed by atoms with van der Waals surface area (Å²) in [5.74, 6) is 0.0530. The number of hydrogen-bond acceptors (Lipinski definition) is 4. The van der Waals surface area contributed by atoms with Crippen molar-refractivity contribution in [2.45, 2.75) is 45.1 Å². The number of rotatable bonds is 5. The lowest BCUT2D eigenvalue weighted by atomic mass is 9.83. The maximum atomic E-state index is 12.5. The highest BCUT2D eigenvalue weighted by atomic mass is 16.2. The molecule has 8 heteroatoms. The molecule has 0 unspecified atom stereocenters. The molecule has 8 nitrogen and oxygen atoms in total. The number of nitrogens with one attached hydrogen (secondary N) is 1. The summed E-state index contributed by atoms with van der Waals surface area (Å²) in [4.78, 5) is 52.6. The quantitative estimate of drug-likeness (QED) is 0.716. The van der Waals surface area contributed by atoms with E-state index >= 15 is 0 Å². The normalized spacial score (nSPS) is 26.8. The van der Waals surface area contributed by atoms with Gasteiger partial charge >= 0.3 is 6.03 Å². The van der Waals surface area contributed by atoms with Gasteiger partial charge in [-0.1, -0.05) is 13.3 Å². The fraction of sp³-hybridized carbons (Fsp3) is 0.765. The number of carbonyl (C=O) groups excluding carboxylic acids is 4. The molecule has 1 N–H and O–H groups in total. The van der Waals surface area contributed by atoms with Crippen LogP contribution in [0.4, 0.5) is 4.79 Å². The first kappa shape index (κ1) is 17.7. The zero-order chi connectivity index (χ0) is 18.0. The summed E-state index contributed by atoms with van der Waals surface area (Å²) in [6.45, 7) is 4.03. The molecule has 0 aromatic carbocycles. The van der Waals surface area contributed by atoms with Crippen LogP contribution in [0.15, 0.2) is 0 Å². The van der Waals surface area contributed by atoms with E-state index in [4.69, 9.17) is 0 Å². The maximum absolute atomic E-state index is 12.5. The van der Waals surface area contributed by atoms with Crippen LogP contribution in [0.25, 0.3) is 0 Å². The Morgan fingerprint density at radius 2 is 2.04 bits per heavy atom. The smallest absolute Gasteiger partial charge is 0.325 e. The average molecular weight is 350 g/mol. The van der Waals surface area contributed by atoms with Crippen LogP contribution in [0.3, 0.4) is 0 Å². The standard InChI is InChI=1S/C17H26N4O4/c1-2-3-7-21-13-6-8-19(9-12(13)4-5-15(21)23)16(24)11-20-10-14(22)18-17(20)25/h12-13H,2-11H2,1H3,(H,18,22,25)/t12-,13+/m0/s1. The van der Waals surface area contributed by atoms with Crippen LogP contribution in [0, 0.1) is 5.92 Å². The van der Waals surface area contributed by atoms with Crippen LogP contribution >= 0.6 is 0 Å². The zero-order valence-corrected chi connectivity index (χ0v) is 14.7. The summed E-state index contributed by atoms with van der Waals surface area (Å²) < 4.78 is 0. The molecular formula is C17H26N4O4. The molecule has 0 radical (unpaired) electrons. The second-order valence-corrected chi connectivity index (χ2v) is 7.14. The van der Waals surface area contributed by atoms with Crippen molar-refractivity contribution < 1.29 is 19.2 Å². The van der Waals surface area contributed by atoms with E-state index in [0.29, 0.717) is 25.4 Å². The lowest BCUT2D eigenvalue weighted by Crippen LogP contribution is -2.58. The summed E-state index contributed by atoms with van der Waals surface area (Å²) in [5.41, 5.74) is 0. The molecule has 3 fully saturated rings. The van der Waals surface area contributed by atoms with Crippen molar-refractivity contribution in [3.63, 3.8) is 0 Å². The number of urea groups is 1. The molecule has 0 aromatic rings. The van der Waals surface area contributed by atoms with Crippen LogP contribution in [-0.2, 0) is 14.4 Å². The molecule has 0 bridgehead atoms. The van der Waals surface area contributed by atoms with Gasteiger partial charge in [-0.25, -0.2) is 4.79 Å². The molecule has 3 heterocycles. The van der Waals surface area contributed by atoms with Crippen molar-refractivity contribution >= 4 is 23.8 Å². The number of unbranched alkanes of at least 4 members (excludes halogenated alkanes) is 1. The van der Waals surface area contributed by atoms with Crippen LogP contribution in [0.2, 0.25) is 0 Å². The molecule has 0 aromatic heterocycles. The van der Waals surface area contributed by atoms with Gasteiger partial charge in [0.2, 0.25) is 17.7 Å². The second-order valence-electron chi connectivity index (χ2n) is 7.14. The number of likely N-dealkylation sites (tertiary alicyclic amines) is 2. The number of imide groups is 1. The Hall–Kier alpha value is -2.12. The summed E-state index contributed by atoms with van der Waals surface area (Å²) >= 11 is 0. The van der Waals surface area contributed by atoms with E-state index in [1.54, 1.807) is 4.90 Å². The van der Waals surface area contributed by atoms with E-state index in [0.717, 1.165) is 32.2 Å². The zero-order valence-electron chi connectivity index (χ0n) is 14.7. The molecular weight excluding hydrogens is 324 g/mol. The van der Waals surface area contributed by atoms with E-state index in [1.807, 2.05) is 4.90 Å². The van der Waals surface area contributed by atoms with Gasteiger partial charge < -0.3 is 14.7 Å². The summed E-state index contributed by atoms with van der Waals surface area (Å²) in [6.07, 6.45) is 4.23. The van der Waals surface area contributed by atoms with E-state index < -0.39 is 6.03 Å². The summed E-state index contributed by atoms with van der Waals surface area (Å²) in [5, 5.41) is 2.18. The van der Waals surface area contributed by atoms with Crippen LogP contribution in [-0.4, -0.2) is 77.2 Å². The maximum Gasteiger partial charge on any atom is 0.325 e. The Morgan fingerprint density at radius 3 is 2.72 bits per heavy atom. The monoisotopic (exact) mass is 350 g/mol. The molecule has 0 spiro atoms. The molecule has 3 aliphatic heterocycles. The molecule has 25 heavy (non-hydrogen) atoms. The van der Waals surface area contributed by atoms with Crippen molar-refractivity contribution in [3.8, 4) is 0 Å². The van der Waals surface area contributed by atoms with E-state index in [9.17, 15) is 19.2 Å². The van der Waals surface area contributed by atoms with E-state index in [1.165, 1.54) is 4.90 Å². The third-order valence-corrected chi connectivity index (χ3v) is 5.44. The van der Waals surface area contributed by atoms with Gasteiger partial charge in [0.25, 0.3) is 0 Å². The molecule has 3 rings (SSSR count). The highest BCUT2D eigenvalue weighted by Crippen LogP contribution is 2.31. The number of carbonyl (C=O) groups is 4. The minimum atomic E-state index is -0.498. The number of piperidine rings is 2. The van der Waals surface area contributed by atoms with Crippen molar-refractivity contribution in [1.29, 1.82) is 0 Å². The molecule has 0 saturated carbocycles. The summed E-state index contributed by atoms with van der Waals surface area (Å²) in [7, 11) is 0. The van der Waals surface area contributed by atoms with Crippen LogP contribution < -0.4 is 5.32 Å². The van der Waals surface area contributed by atoms with Gasteiger partial charge in [0.05, 0.1) is 0 Å². The molecule has 3 saturated heterocycles. The van der Waals surface area contributed by atoms with Gasteiger partial charge in [0.15, 0.2) is 0 Å². The fourth-order valence-electron chi connectivity index (χ4n) is 4.07. The minimum Gasteiger partial charge on any atom is -0.341 e. The molecule has 5 amide bonds. The first-order chi connectivity index (χ1) is 12.0. The highest BCUT2D eigenvalue weighted by Gasteiger charge is 2.40.